The zero-order chi connectivity index (χ0) is 13.1. The van der Waals surface area contributed by atoms with E-state index < -0.39 is 5.91 Å². The summed E-state index contributed by atoms with van der Waals surface area (Å²) in [5.41, 5.74) is 0.884. The summed E-state index contributed by atoms with van der Waals surface area (Å²) in [6.07, 6.45) is 1.26. The summed E-state index contributed by atoms with van der Waals surface area (Å²) in [5.74, 6) is 0.586. The Morgan fingerprint density at radius 3 is 2.84 bits per heavy atom. The molecule has 2 heterocycles. The molecule has 0 bridgehead atoms. The predicted molar refractivity (Wildman–Crippen MR) is 66.3 cm³/mol. The summed E-state index contributed by atoms with van der Waals surface area (Å²) in [6.45, 7) is 0. The van der Waals surface area contributed by atoms with Crippen LogP contribution < -0.4 is 5.32 Å². The van der Waals surface area contributed by atoms with Gasteiger partial charge in [0.2, 0.25) is 5.82 Å². The van der Waals surface area contributed by atoms with Gasteiger partial charge in [0.1, 0.15) is 6.33 Å². The molecule has 0 saturated heterocycles. The van der Waals surface area contributed by atoms with Crippen molar-refractivity contribution in [2.45, 2.75) is 0 Å². The summed E-state index contributed by atoms with van der Waals surface area (Å²) in [5, 5.41) is 12.4. The Morgan fingerprint density at radius 2 is 2.11 bits per heavy atom. The van der Waals surface area contributed by atoms with Gasteiger partial charge in [-0.15, -0.1) is 0 Å². The molecule has 19 heavy (non-hydrogen) atoms. The lowest BCUT2D eigenvalue weighted by Crippen LogP contribution is -2.13. The van der Waals surface area contributed by atoms with E-state index >= 15 is 0 Å². The standard InChI is InChI=1S/C12H9N5O2/c18-12(11-13-7-14-16-11)15-10-6-9(19-17-10)8-4-2-1-3-5-8/h1-7H,(H,13,14,16)(H,15,17,18). The molecule has 0 fully saturated rings. The number of anilines is 1. The second-order valence-electron chi connectivity index (χ2n) is 3.73. The Bertz CT molecular complexity index is 675. The largest absolute Gasteiger partial charge is 0.354 e. The van der Waals surface area contributed by atoms with Crippen molar-refractivity contribution in [2.24, 2.45) is 0 Å². The summed E-state index contributed by atoms with van der Waals surface area (Å²) >= 11 is 0. The monoisotopic (exact) mass is 255 g/mol. The molecule has 3 rings (SSSR count). The first kappa shape index (κ1) is 11.1. The number of aromatic amines is 1. The van der Waals surface area contributed by atoms with Gasteiger partial charge in [0.05, 0.1) is 0 Å². The van der Waals surface area contributed by atoms with Gasteiger partial charge in [-0.3, -0.25) is 9.89 Å². The fourth-order valence-electron chi connectivity index (χ4n) is 1.56. The first-order chi connectivity index (χ1) is 9.33. The number of rotatable bonds is 3. The number of nitrogens with zero attached hydrogens (tertiary/aromatic N) is 3. The van der Waals surface area contributed by atoms with Crippen molar-refractivity contribution in [3.05, 3.63) is 48.5 Å². The van der Waals surface area contributed by atoms with Crippen molar-refractivity contribution in [1.29, 1.82) is 0 Å². The van der Waals surface area contributed by atoms with Crippen molar-refractivity contribution in [3.63, 3.8) is 0 Å². The summed E-state index contributed by atoms with van der Waals surface area (Å²) < 4.78 is 5.16. The van der Waals surface area contributed by atoms with Crippen molar-refractivity contribution in [3.8, 4) is 11.3 Å². The van der Waals surface area contributed by atoms with E-state index in [4.69, 9.17) is 4.52 Å². The van der Waals surface area contributed by atoms with Crippen molar-refractivity contribution in [1.82, 2.24) is 20.3 Å². The van der Waals surface area contributed by atoms with E-state index in [2.05, 4.69) is 25.7 Å². The van der Waals surface area contributed by atoms with Crippen LogP contribution in [0.5, 0.6) is 0 Å². The number of amides is 1. The normalized spacial score (nSPS) is 10.3. The average Bonchev–Trinajstić information content (AvgIpc) is 3.11. The average molecular weight is 255 g/mol. The van der Waals surface area contributed by atoms with Crippen LogP contribution in [0.25, 0.3) is 11.3 Å². The maximum Gasteiger partial charge on any atom is 0.294 e. The number of carbonyl (C=O) groups is 1. The van der Waals surface area contributed by atoms with E-state index in [1.807, 2.05) is 30.3 Å². The molecule has 94 valence electrons. The Hall–Kier alpha value is -2.96. The molecule has 7 nitrogen and oxygen atoms in total. The third-order valence-corrected chi connectivity index (χ3v) is 2.44. The van der Waals surface area contributed by atoms with Crippen molar-refractivity contribution >= 4 is 11.7 Å². The molecule has 2 N–H and O–H groups in total. The highest BCUT2D eigenvalue weighted by Gasteiger charge is 2.12. The highest BCUT2D eigenvalue weighted by molar-refractivity contribution is 6.00. The molecular formula is C12H9N5O2. The van der Waals surface area contributed by atoms with Gasteiger partial charge >= 0.3 is 0 Å². The zero-order valence-electron chi connectivity index (χ0n) is 9.70. The summed E-state index contributed by atoms with van der Waals surface area (Å²) in [4.78, 5) is 15.4. The molecule has 0 unspecified atom stereocenters. The molecule has 0 spiro atoms. The quantitative estimate of drug-likeness (QED) is 0.742. The molecule has 0 atom stereocenters. The molecule has 3 aromatic rings. The van der Waals surface area contributed by atoms with Gasteiger partial charge in [0, 0.05) is 11.6 Å². The molecule has 0 saturated carbocycles. The first-order valence-electron chi connectivity index (χ1n) is 5.52. The van der Waals surface area contributed by atoms with Gasteiger partial charge in [0.15, 0.2) is 11.6 Å². The zero-order valence-corrected chi connectivity index (χ0v) is 9.70. The van der Waals surface area contributed by atoms with Crippen LogP contribution >= 0.6 is 0 Å². The number of H-pyrrole nitrogens is 1. The minimum absolute atomic E-state index is 0.115. The number of carbonyl (C=O) groups excluding carboxylic acids is 1. The van der Waals surface area contributed by atoms with Crippen molar-refractivity contribution in [2.75, 3.05) is 5.32 Å². The number of nitrogens with one attached hydrogen (secondary N) is 2. The van der Waals surface area contributed by atoms with E-state index in [9.17, 15) is 4.79 Å². The minimum atomic E-state index is -0.426. The highest BCUT2D eigenvalue weighted by Crippen LogP contribution is 2.21. The van der Waals surface area contributed by atoms with Crippen LogP contribution in [0.4, 0.5) is 5.82 Å². The molecule has 0 aliphatic rings. The van der Waals surface area contributed by atoms with Gasteiger partial charge in [0.25, 0.3) is 5.91 Å². The van der Waals surface area contributed by atoms with Crippen molar-refractivity contribution < 1.29 is 9.32 Å². The first-order valence-corrected chi connectivity index (χ1v) is 5.52. The number of hydrogen-bond donors (Lipinski definition) is 2. The second-order valence-corrected chi connectivity index (χ2v) is 3.73. The van der Waals surface area contributed by atoms with Gasteiger partial charge < -0.3 is 9.84 Å². The van der Waals surface area contributed by atoms with Crippen LogP contribution in [-0.2, 0) is 0 Å². The van der Waals surface area contributed by atoms with E-state index in [1.54, 1.807) is 6.07 Å². The summed E-state index contributed by atoms with van der Waals surface area (Å²) in [7, 11) is 0. The Labute approximate surface area is 107 Å². The third kappa shape index (κ3) is 2.34. The lowest BCUT2D eigenvalue weighted by molar-refractivity contribution is 0.101. The smallest absolute Gasteiger partial charge is 0.294 e. The fraction of sp³-hybridized carbons (Fsp3) is 0. The molecule has 0 radical (unpaired) electrons. The molecule has 1 amide bonds. The Kier molecular flexibility index (Phi) is 2.77. The predicted octanol–water partition coefficient (Wildman–Crippen LogP) is 1.71. The third-order valence-electron chi connectivity index (χ3n) is 2.44. The fourth-order valence-corrected chi connectivity index (χ4v) is 1.56. The van der Waals surface area contributed by atoms with Crippen LogP contribution in [0, 0.1) is 0 Å². The molecule has 7 heteroatoms. The van der Waals surface area contributed by atoms with E-state index in [-0.39, 0.29) is 5.82 Å². The maximum absolute atomic E-state index is 11.7. The number of aromatic nitrogens is 4. The van der Waals surface area contributed by atoms with Gasteiger partial charge in [-0.1, -0.05) is 35.5 Å². The Morgan fingerprint density at radius 1 is 1.26 bits per heavy atom. The molecule has 1 aromatic carbocycles. The molecule has 0 aliphatic carbocycles. The highest BCUT2D eigenvalue weighted by atomic mass is 16.5. The SMILES string of the molecule is O=C(Nc1cc(-c2ccccc2)on1)c1ncn[nH]1. The molecule has 0 aliphatic heterocycles. The minimum Gasteiger partial charge on any atom is -0.354 e. The maximum atomic E-state index is 11.7. The van der Waals surface area contributed by atoms with E-state index in [0.29, 0.717) is 11.6 Å². The Balaban J connectivity index is 1.77. The van der Waals surface area contributed by atoms with Crippen LogP contribution in [0.3, 0.4) is 0 Å². The van der Waals surface area contributed by atoms with Crippen LogP contribution in [0.1, 0.15) is 10.6 Å². The number of hydrogen-bond acceptors (Lipinski definition) is 5. The molecule has 2 aromatic heterocycles. The van der Waals surface area contributed by atoms with Gasteiger partial charge in [-0.05, 0) is 0 Å². The van der Waals surface area contributed by atoms with Crippen LogP contribution in [0.2, 0.25) is 0 Å². The second kappa shape index (κ2) is 4.73. The van der Waals surface area contributed by atoms with Gasteiger partial charge in [-0.2, -0.15) is 5.10 Å². The van der Waals surface area contributed by atoms with Crippen LogP contribution in [0.15, 0.2) is 47.2 Å². The van der Waals surface area contributed by atoms with Gasteiger partial charge in [-0.25, -0.2) is 4.98 Å². The summed E-state index contributed by atoms with van der Waals surface area (Å²) in [6, 6.07) is 11.1. The van der Waals surface area contributed by atoms with E-state index in [0.717, 1.165) is 5.56 Å². The van der Waals surface area contributed by atoms with E-state index in [1.165, 1.54) is 6.33 Å². The lowest BCUT2D eigenvalue weighted by atomic mass is 10.2. The lowest BCUT2D eigenvalue weighted by Gasteiger charge is -1.95. The number of benzene rings is 1. The molecular weight excluding hydrogens is 246 g/mol. The van der Waals surface area contributed by atoms with Crippen LogP contribution in [-0.4, -0.2) is 26.2 Å². The topological polar surface area (TPSA) is 96.7 Å².